The number of alkyl halides is 1. The molecule has 2 fully saturated rings. The molecule has 1 aromatic heterocycles. The molecular weight excluding hydrogens is 730 g/mol. The Balaban J connectivity index is 1.13. The summed E-state index contributed by atoms with van der Waals surface area (Å²) in [4.78, 5) is 4.52. The number of hydrogen-bond acceptors (Lipinski definition) is 6. The fourth-order valence-electron chi connectivity index (χ4n) is 7.73. The van der Waals surface area contributed by atoms with Gasteiger partial charge in [-0.1, -0.05) is 146 Å². The molecule has 5 aromatic carbocycles. The number of benzene rings is 5. The molecule has 2 saturated carbocycles. The van der Waals surface area contributed by atoms with Crippen LogP contribution in [-0.4, -0.2) is 36.0 Å². The second-order valence-corrected chi connectivity index (χ2v) is 15.6. The summed E-state index contributed by atoms with van der Waals surface area (Å²) in [5.74, 6) is 1.20. The number of halogens is 1. The zero-order valence-electron chi connectivity index (χ0n) is 32.2. The molecule has 2 aliphatic rings. The van der Waals surface area contributed by atoms with E-state index in [1.807, 2.05) is 78.9 Å². The molecule has 0 N–H and O–H groups in total. The van der Waals surface area contributed by atoms with E-state index in [2.05, 4.69) is 77.8 Å². The van der Waals surface area contributed by atoms with Crippen molar-refractivity contribution in [2.24, 2.45) is 5.92 Å². The Morgan fingerprint density at radius 1 is 0.561 bits per heavy atom. The molecule has 292 valence electrons. The van der Waals surface area contributed by atoms with Crippen LogP contribution in [-0.2, 0) is 45.4 Å². The number of nitrogens with zero attached hydrogens (tertiary/aromatic N) is 1. The first-order valence-electron chi connectivity index (χ1n) is 20.1. The first-order valence-corrected chi connectivity index (χ1v) is 20.5. The molecule has 6 aromatic rings. The minimum atomic E-state index is -0.514. The van der Waals surface area contributed by atoms with E-state index in [1.165, 1.54) is 18.4 Å². The van der Waals surface area contributed by atoms with E-state index in [0.717, 1.165) is 33.4 Å². The van der Waals surface area contributed by atoms with Crippen LogP contribution in [0.4, 0.5) is 0 Å². The third-order valence-corrected chi connectivity index (χ3v) is 11.4. The highest BCUT2D eigenvalue weighted by Crippen LogP contribution is 2.42. The Labute approximate surface area is 341 Å². The fourth-order valence-corrected chi connectivity index (χ4v) is 8.06. The molecule has 57 heavy (non-hydrogen) atoms. The topological polar surface area (TPSA) is 59.0 Å². The van der Waals surface area contributed by atoms with Gasteiger partial charge in [0.25, 0.3) is 0 Å². The lowest BCUT2D eigenvalue weighted by molar-refractivity contribution is -0.220. The quantitative estimate of drug-likeness (QED) is 0.0810. The van der Waals surface area contributed by atoms with E-state index in [1.54, 1.807) is 12.4 Å². The number of hydrogen-bond donors (Lipinski definition) is 0. The zero-order valence-corrected chi connectivity index (χ0v) is 32.9. The molecule has 7 heteroatoms. The highest BCUT2D eigenvalue weighted by molar-refractivity contribution is 6.22. The molecule has 0 bridgehead atoms. The van der Waals surface area contributed by atoms with Crippen LogP contribution >= 0.6 is 11.6 Å². The van der Waals surface area contributed by atoms with E-state index in [9.17, 15) is 0 Å². The van der Waals surface area contributed by atoms with Gasteiger partial charge in [-0.2, -0.15) is 0 Å². The SMILES string of the molecule is ClC(c1ccc(C2CC2)cc1)c1ccncc1OC1CC(COCc2ccccc2)C(OCc2ccccc2)C(OCc2ccccc2)C1OCc1ccccc1. The van der Waals surface area contributed by atoms with Crippen molar-refractivity contribution < 1.29 is 23.7 Å². The van der Waals surface area contributed by atoms with Crippen molar-refractivity contribution in [2.75, 3.05) is 6.61 Å². The number of aromatic nitrogens is 1. The molecule has 6 unspecified atom stereocenters. The van der Waals surface area contributed by atoms with Crippen molar-refractivity contribution in [3.63, 3.8) is 0 Å². The summed E-state index contributed by atoms with van der Waals surface area (Å²) < 4.78 is 34.5. The summed E-state index contributed by atoms with van der Waals surface area (Å²) in [6.45, 7) is 2.10. The van der Waals surface area contributed by atoms with Crippen LogP contribution in [0.15, 0.2) is 164 Å². The van der Waals surface area contributed by atoms with Crippen molar-refractivity contribution in [1.29, 1.82) is 0 Å². The molecule has 0 saturated heterocycles. The van der Waals surface area contributed by atoms with E-state index < -0.39 is 23.7 Å². The van der Waals surface area contributed by atoms with Gasteiger partial charge in [0.1, 0.15) is 24.1 Å². The Hall–Kier alpha value is -4.82. The van der Waals surface area contributed by atoms with Crippen LogP contribution in [0.3, 0.4) is 0 Å². The predicted molar refractivity (Wildman–Crippen MR) is 224 cm³/mol. The van der Waals surface area contributed by atoms with E-state index >= 15 is 0 Å². The summed E-state index contributed by atoms with van der Waals surface area (Å²) in [6.07, 6.45) is 4.82. The van der Waals surface area contributed by atoms with Gasteiger partial charge < -0.3 is 23.7 Å². The van der Waals surface area contributed by atoms with Gasteiger partial charge in [-0.05, 0) is 64.6 Å². The summed E-state index contributed by atoms with van der Waals surface area (Å²) in [5.41, 5.74) is 7.57. The number of ether oxygens (including phenoxy) is 5. The molecule has 6 nitrogen and oxygen atoms in total. The highest BCUT2D eigenvalue weighted by Gasteiger charge is 2.49. The monoisotopic (exact) mass is 779 g/mol. The lowest BCUT2D eigenvalue weighted by Crippen LogP contribution is -2.59. The molecule has 6 atom stereocenters. The molecule has 0 radical (unpaired) electrons. The van der Waals surface area contributed by atoms with E-state index in [4.69, 9.17) is 35.3 Å². The smallest absolute Gasteiger partial charge is 0.143 e. The summed E-state index contributed by atoms with van der Waals surface area (Å²) in [7, 11) is 0. The highest BCUT2D eigenvalue weighted by atomic mass is 35.5. The van der Waals surface area contributed by atoms with Crippen LogP contribution in [0.1, 0.15) is 69.5 Å². The van der Waals surface area contributed by atoms with Crippen LogP contribution in [0.5, 0.6) is 5.75 Å². The van der Waals surface area contributed by atoms with Gasteiger partial charge in [-0.15, -0.1) is 11.6 Å². The first kappa shape index (κ1) is 39.0. The molecule has 0 amide bonds. The third kappa shape index (κ3) is 10.6. The van der Waals surface area contributed by atoms with Crippen LogP contribution < -0.4 is 4.74 Å². The van der Waals surface area contributed by atoms with Crippen molar-refractivity contribution >= 4 is 11.6 Å². The second-order valence-electron chi connectivity index (χ2n) is 15.2. The normalized spacial score (nSPS) is 21.2. The summed E-state index contributed by atoms with van der Waals surface area (Å²) in [5, 5.41) is -0.430. The Morgan fingerprint density at radius 2 is 1.07 bits per heavy atom. The molecule has 1 heterocycles. The summed E-state index contributed by atoms with van der Waals surface area (Å²) in [6, 6.07) is 51.7. The van der Waals surface area contributed by atoms with Gasteiger partial charge in [-0.25, -0.2) is 0 Å². The Kier molecular flexibility index (Phi) is 13.4. The van der Waals surface area contributed by atoms with Crippen molar-refractivity contribution in [2.45, 2.75) is 81.4 Å². The lowest BCUT2D eigenvalue weighted by Gasteiger charge is -2.46. The van der Waals surface area contributed by atoms with Gasteiger partial charge in [0.15, 0.2) is 0 Å². The van der Waals surface area contributed by atoms with Gasteiger partial charge >= 0.3 is 0 Å². The molecule has 0 spiro atoms. The van der Waals surface area contributed by atoms with Crippen LogP contribution in [0.2, 0.25) is 0 Å². The first-order chi connectivity index (χ1) is 28.2. The van der Waals surface area contributed by atoms with Gasteiger partial charge in [0.05, 0.1) is 50.7 Å². The molecular formula is C50H50ClNO5. The Bertz CT molecular complexity index is 2080. The van der Waals surface area contributed by atoms with Crippen molar-refractivity contribution in [3.05, 3.63) is 203 Å². The van der Waals surface area contributed by atoms with Gasteiger partial charge in [0, 0.05) is 17.7 Å². The second kappa shape index (κ2) is 19.6. The average molecular weight is 780 g/mol. The minimum absolute atomic E-state index is 0.0957. The average Bonchev–Trinajstić information content (AvgIpc) is 4.13. The zero-order chi connectivity index (χ0) is 38.7. The van der Waals surface area contributed by atoms with Crippen molar-refractivity contribution in [3.8, 4) is 5.75 Å². The standard InChI is InChI=1S/C50H50ClNO5/c51-47(42-25-23-41(24-26-42)40-21-22-40)44-27-28-52-30-46(44)57-45-29-43(35-53-31-36-13-5-1-6-14-36)48(54-32-37-15-7-2-8-16-37)50(56-34-39-19-11-4-12-20-39)49(45)55-33-38-17-9-3-10-18-38/h1-20,23-28,30,40,43,45,47-50H,21-22,29,31-35H2. The largest absolute Gasteiger partial charge is 0.486 e. The third-order valence-electron chi connectivity index (χ3n) is 11.0. The van der Waals surface area contributed by atoms with E-state index in [-0.39, 0.29) is 12.0 Å². The molecule has 8 rings (SSSR count). The lowest BCUT2D eigenvalue weighted by atomic mass is 9.80. The number of pyridine rings is 1. The van der Waals surface area contributed by atoms with Crippen molar-refractivity contribution in [1.82, 2.24) is 4.98 Å². The minimum Gasteiger partial charge on any atom is -0.486 e. The van der Waals surface area contributed by atoms with Gasteiger partial charge in [0.2, 0.25) is 0 Å². The Morgan fingerprint density at radius 3 is 1.61 bits per heavy atom. The van der Waals surface area contributed by atoms with Crippen LogP contribution in [0, 0.1) is 5.92 Å². The molecule has 0 aliphatic heterocycles. The maximum Gasteiger partial charge on any atom is 0.143 e. The maximum atomic E-state index is 7.30. The maximum absolute atomic E-state index is 7.30. The van der Waals surface area contributed by atoms with E-state index in [0.29, 0.717) is 51.1 Å². The predicted octanol–water partition coefficient (Wildman–Crippen LogP) is 11.0. The number of rotatable bonds is 18. The molecule has 2 aliphatic carbocycles. The van der Waals surface area contributed by atoms with Gasteiger partial charge in [-0.3, -0.25) is 4.98 Å². The summed E-state index contributed by atoms with van der Waals surface area (Å²) >= 11 is 7.30. The van der Waals surface area contributed by atoms with Crippen LogP contribution in [0.25, 0.3) is 0 Å². The fraction of sp³-hybridized carbons (Fsp3) is 0.300.